The third kappa shape index (κ3) is 7.45. The number of carboxylic acids is 1. The maximum absolute atomic E-state index is 11.5. The van der Waals surface area contributed by atoms with E-state index in [9.17, 15) is 23.4 Å². The highest BCUT2D eigenvalue weighted by molar-refractivity contribution is 7.92. The molecule has 9 nitrogen and oxygen atoms in total. The van der Waals surface area contributed by atoms with Crippen LogP contribution in [0.2, 0.25) is 0 Å². The lowest BCUT2D eigenvalue weighted by atomic mass is 9.99. The highest BCUT2D eigenvalue weighted by Crippen LogP contribution is 2.31. The molecule has 37 heavy (non-hydrogen) atoms. The summed E-state index contributed by atoms with van der Waals surface area (Å²) in [4.78, 5) is 11.1. The van der Waals surface area contributed by atoms with Crippen molar-refractivity contribution < 1.29 is 33.3 Å². The Bertz CT molecular complexity index is 1350. The van der Waals surface area contributed by atoms with Gasteiger partial charge < -0.3 is 25.4 Å². The molecule has 3 aromatic carbocycles. The topological polar surface area (TPSA) is 145 Å². The van der Waals surface area contributed by atoms with Crippen molar-refractivity contribution in [3.05, 3.63) is 76.9 Å². The highest BCUT2D eigenvalue weighted by Gasteiger charge is 2.18. The van der Waals surface area contributed by atoms with Crippen molar-refractivity contribution in [3.63, 3.8) is 0 Å². The molecule has 0 radical (unpaired) electrons. The largest absolute Gasteiger partial charge is 0.506 e. The predicted molar refractivity (Wildman–Crippen MR) is 143 cm³/mol. The zero-order valence-electron chi connectivity index (χ0n) is 21.1. The summed E-state index contributed by atoms with van der Waals surface area (Å²) in [5.74, 6) is -0.435. The number of benzene rings is 3. The van der Waals surface area contributed by atoms with E-state index in [4.69, 9.17) is 9.84 Å². The van der Waals surface area contributed by atoms with Crippen molar-refractivity contribution in [1.29, 1.82) is 0 Å². The number of ether oxygens (including phenoxy) is 1. The molecule has 0 spiro atoms. The fourth-order valence-electron chi connectivity index (χ4n) is 4.01. The van der Waals surface area contributed by atoms with Crippen molar-refractivity contribution in [1.82, 2.24) is 5.32 Å². The first kappa shape index (κ1) is 28.0. The number of rotatable bonds is 11. The number of aliphatic hydroxyl groups is 1. The summed E-state index contributed by atoms with van der Waals surface area (Å²) in [5, 5.41) is 32.9. The normalized spacial score (nSPS) is 13.1. The van der Waals surface area contributed by atoms with E-state index >= 15 is 0 Å². The zero-order valence-corrected chi connectivity index (χ0v) is 22.0. The standard InChI is InChI=1S/C27H32N2O7S/c1-16-13-22(19-5-7-20(8-6-19)27(32)33)14-17(2)26(16)36-12-11-28-18(3)25(31)21-9-10-24(30)23(15-21)29-37(4,34)35/h5-10,13-15,18,25,28-31H,11-12H2,1-4H3,(H,32,33)/t18-,25-/m0/s1. The highest BCUT2D eigenvalue weighted by atomic mass is 32.2. The summed E-state index contributed by atoms with van der Waals surface area (Å²) in [6, 6.07) is 14.6. The van der Waals surface area contributed by atoms with Crippen LogP contribution >= 0.6 is 0 Å². The van der Waals surface area contributed by atoms with Crippen LogP contribution in [0, 0.1) is 13.8 Å². The molecule has 0 saturated heterocycles. The van der Waals surface area contributed by atoms with Crippen molar-refractivity contribution in [2.24, 2.45) is 0 Å². The Hall–Kier alpha value is -3.60. The van der Waals surface area contributed by atoms with Gasteiger partial charge in [-0.1, -0.05) is 18.2 Å². The number of aromatic hydroxyl groups is 1. The summed E-state index contributed by atoms with van der Waals surface area (Å²) in [6.07, 6.45) is 0.0332. The molecule has 0 amide bonds. The molecular formula is C27H32N2O7S. The van der Waals surface area contributed by atoms with Crippen LogP contribution in [0.1, 0.15) is 40.1 Å². The molecule has 2 atom stereocenters. The quantitative estimate of drug-likeness (QED) is 0.186. The van der Waals surface area contributed by atoms with E-state index in [-0.39, 0.29) is 23.0 Å². The number of phenols is 1. The predicted octanol–water partition coefficient (Wildman–Crippen LogP) is 3.84. The van der Waals surface area contributed by atoms with E-state index < -0.39 is 22.1 Å². The first-order chi connectivity index (χ1) is 17.4. The lowest BCUT2D eigenvalue weighted by Crippen LogP contribution is -2.35. The van der Waals surface area contributed by atoms with E-state index in [0.29, 0.717) is 18.7 Å². The van der Waals surface area contributed by atoms with Gasteiger partial charge in [0.05, 0.1) is 23.6 Å². The first-order valence-corrected chi connectivity index (χ1v) is 13.5. The van der Waals surface area contributed by atoms with Gasteiger partial charge in [0.1, 0.15) is 18.1 Å². The molecule has 0 aliphatic rings. The van der Waals surface area contributed by atoms with Crippen LogP contribution in [0.15, 0.2) is 54.6 Å². The van der Waals surface area contributed by atoms with E-state index in [1.807, 2.05) is 26.0 Å². The van der Waals surface area contributed by atoms with Crippen LogP contribution in [-0.2, 0) is 10.0 Å². The van der Waals surface area contributed by atoms with Gasteiger partial charge in [-0.25, -0.2) is 13.2 Å². The number of nitrogens with one attached hydrogen (secondary N) is 2. The molecule has 0 unspecified atom stereocenters. The molecule has 0 bridgehead atoms. The summed E-state index contributed by atoms with van der Waals surface area (Å²) in [5.41, 5.74) is 4.45. The molecule has 3 rings (SSSR count). The molecular weight excluding hydrogens is 496 g/mol. The second-order valence-electron chi connectivity index (χ2n) is 9.01. The van der Waals surface area contributed by atoms with Crippen LogP contribution in [0.25, 0.3) is 11.1 Å². The van der Waals surface area contributed by atoms with Crippen molar-refractivity contribution in [3.8, 4) is 22.6 Å². The minimum Gasteiger partial charge on any atom is -0.506 e. The molecule has 0 heterocycles. The lowest BCUT2D eigenvalue weighted by molar-refractivity contribution is 0.0697. The Balaban J connectivity index is 1.58. The van der Waals surface area contributed by atoms with E-state index in [1.165, 1.54) is 18.2 Å². The van der Waals surface area contributed by atoms with Gasteiger partial charge >= 0.3 is 5.97 Å². The SMILES string of the molecule is Cc1cc(-c2ccc(C(=O)O)cc2)cc(C)c1OCCN[C@@H](C)[C@H](O)c1ccc(O)c(NS(C)(=O)=O)c1. The number of aliphatic hydroxyl groups excluding tert-OH is 1. The van der Waals surface area contributed by atoms with Crippen LogP contribution in [0.3, 0.4) is 0 Å². The van der Waals surface area contributed by atoms with Gasteiger partial charge in [-0.2, -0.15) is 0 Å². The molecule has 3 aromatic rings. The Labute approximate surface area is 216 Å². The maximum Gasteiger partial charge on any atom is 0.335 e. The molecule has 0 aliphatic heterocycles. The van der Waals surface area contributed by atoms with E-state index in [1.54, 1.807) is 31.2 Å². The number of aromatic carboxylic acids is 1. The zero-order chi connectivity index (χ0) is 27.3. The summed E-state index contributed by atoms with van der Waals surface area (Å²) in [7, 11) is -3.58. The van der Waals surface area contributed by atoms with Gasteiger partial charge in [0.15, 0.2) is 0 Å². The number of sulfonamides is 1. The third-order valence-electron chi connectivity index (χ3n) is 5.87. The molecule has 0 saturated carbocycles. The minimum absolute atomic E-state index is 0.00168. The number of hydrogen-bond donors (Lipinski definition) is 5. The number of aryl methyl sites for hydroxylation is 2. The van der Waals surface area contributed by atoms with Gasteiger partial charge in [0, 0.05) is 12.6 Å². The fourth-order valence-corrected chi connectivity index (χ4v) is 4.57. The van der Waals surface area contributed by atoms with Crippen molar-refractivity contribution >= 4 is 21.7 Å². The van der Waals surface area contributed by atoms with Gasteiger partial charge in [0.25, 0.3) is 0 Å². The monoisotopic (exact) mass is 528 g/mol. The maximum atomic E-state index is 11.5. The molecule has 0 aliphatic carbocycles. The first-order valence-electron chi connectivity index (χ1n) is 11.7. The number of anilines is 1. The van der Waals surface area contributed by atoms with Gasteiger partial charge in [-0.3, -0.25) is 4.72 Å². The number of carboxylic acid groups (broad SMARTS) is 1. The van der Waals surface area contributed by atoms with Gasteiger partial charge in [-0.05, 0) is 85.0 Å². The van der Waals surface area contributed by atoms with Gasteiger partial charge in [0.2, 0.25) is 10.0 Å². The second-order valence-corrected chi connectivity index (χ2v) is 10.8. The second kappa shape index (κ2) is 11.6. The van der Waals surface area contributed by atoms with Crippen LogP contribution in [-0.4, -0.2) is 55.2 Å². The fraction of sp³-hybridized carbons (Fsp3) is 0.296. The molecule has 198 valence electrons. The minimum atomic E-state index is -3.58. The van der Waals surface area contributed by atoms with E-state index in [0.717, 1.165) is 34.3 Å². The molecule has 5 N–H and O–H groups in total. The van der Waals surface area contributed by atoms with Crippen LogP contribution in [0.5, 0.6) is 11.5 Å². The van der Waals surface area contributed by atoms with Crippen LogP contribution < -0.4 is 14.8 Å². The Morgan fingerprint density at radius 2 is 1.62 bits per heavy atom. The number of hydrogen-bond acceptors (Lipinski definition) is 7. The van der Waals surface area contributed by atoms with Crippen molar-refractivity contribution in [2.45, 2.75) is 32.9 Å². The third-order valence-corrected chi connectivity index (χ3v) is 6.46. The number of carbonyl (C=O) groups is 1. The Morgan fingerprint density at radius 1 is 1.00 bits per heavy atom. The van der Waals surface area contributed by atoms with E-state index in [2.05, 4.69) is 10.0 Å². The molecule has 10 heteroatoms. The average Bonchev–Trinajstić information content (AvgIpc) is 2.83. The average molecular weight is 529 g/mol. The smallest absolute Gasteiger partial charge is 0.335 e. The number of phenolic OH excluding ortho intramolecular Hbond substituents is 1. The van der Waals surface area contributed by atoms with Crippen molar-refractivity contribution in [2.75, 3.05) is 24.1 Å². The van der Waals surface area contributed by atoms with Gasteiger partial charge in [-0.15, -0.1) is 0 Å². The summed E-state index contributed by atoms with van der Waals surface area (Å²) in [6.45, 7) is 6.49. The Morgan fingerprint density at radius 3 is 2.19 bits per heavy atom. The molecule has 0 fully saturated rings. The summed E-state index contributed by atoms with van der Waals surface area (Å²) < 4.78 is 31.2. The van der Waals surface area contributed by atoms with Crippen LogP contribution in [0.4, 0.5) is 5.69 Å². The lowest BCUT2D eigenvalue weighted by Gasteiger charge is -2.22. The summed E-state index contributed by atoms with van der Waals surface area (Å²) >= 11 is 0. The Kier molecular flexibility index (Phi) is 8.80. The molecule has 0 aromatic heterocycles.